The lowest BCUT2D eigenvalue weighted by atomic mass is 10.1. The molecular weight excluding hydrogens is 290 g/mol. The maximum absolute atomic E-state index is 5.99. The summed E-state index contributed by atoms with van der Waals surface area (Å²) < 4.78 is 2.12. The van der Waals surface area contributed by atoms with Gasteiger partial charge in [-0.3, -0.25) is 4.40 Å². The van der Waals surface area contributed by atoms with Crippen LogP contribution in [0.5, 0.6) is 0 Å². The van der Waals surface area contributed by atoms with Crippen LogP contribution in [0.1, 0.15) is 5.69 Å². The van der Waals surface area contributed by atoms with Crippen LogP contribution in [0.15, 0.2) is 66.9 Å². The van der Waals surface area contributed by atoms with E-state index in [0.29, 0.717) is 6.54 Å². The summed E-state index contributed by atoms with van der Waals surface area (Å²) in [5.74, 6) is 0. The van der Waals surface area contributed by atoms with E-state index in [2.05, 4.69) is 47.0 Å². The molecule has 0 aliphatic heterocycles. The van der Waals surface area contributed by atoms with Gasteiger partial charge in [0.1, 0.15) is 0 Å². The van der Waals surface area contributed by atoms with E-state index in [4.69, 9.17) is 10.7 Å². The first kappa shape index (κ1) is 13.2. The maximum Gasteiger partial charge on any atom is 0.195 e. The smallest absolute Gasteiger partial charge is 0.195 e. The monoisotopic (exact) mass is 305 g/mol. The minimum Gasteiger partial charge on any atom is -0.325 e. The van der Waals surface area contributed by atoms with Crippen LogP contribution >= 0.6 is 11.3 Å². The normalized spacial score (nSPS) is 11.1. The number of imidazole rings is 1. The van der Waals surface area contributed by atoms with E-state index < -0.39 is 0 Å². The average Bonchev–Trinajstić information content (AvgIpc) is 3.14. The molecule has 0 fully saturated rings. The first-order chi connectivity index (χ1) is 10.9. The van der Waals surface area contributed by atoms with Crippen LogP contribution in [-0.2, 0) is 6.54 Å². The zero-order valence-corrected chi connectivity index (χ0v) is 12.8. The molecule has 22 heavy (non-hydrogen) atoms. The summed E-state index contributed by atoms with van der Waals surface area (Å²) in [6.07, 6.45) is 2.14. The third kappa shape index (κ3) is 2.13. The highest BCUT2D eigenvalue weighted by molar-refractivity contribution is 7.20. The highest BCUT2D eigenvalue weighted by Crippen LogP contribution is 2.32. The minimum atomic E-state index is 0.469. The summed E-state index contributed by atoms with van der Waals surface area (Å²) in [5.41, 5.74) is 10.3. The summed E-state index contributed by atoms with van der Waals surface area (Å²) >= 11 is 1.69. The number of nitrogens with two attached hydrogens (primary N) is 1. The van der Waals surface area contributed by atoms with Gasteiger partial charge in [0, 0.05) is 18.3 Å². The van der Waals surface area contributed by atoms with Crippen LogP contribution in [-0.4, -0.2) is 9.38 Å². The topological polar surface area (TPSA) is 43.3 Å². The summed E-state index contributed by atoms with van der Waals surface area (Å²) in [6.45, 7) is 0.469. The predicted molar refractivity (Wildman–Crippen MR) is 91.8 cm³/mol. The molecule has 2 heterocycles. The minimum absolute atomic E-state index is 0.469. The van der Waals surface area contributed by atoms with Crippen molar-refractivity contribution < 1.29 is 0 Å². The van der Waals surface area contributed by atoms with E-state index in [1.54, 1.807) is 11.3 Å². The number of benzene rings is 2. The first-order valence-corrected chi connectivity index (χ1v) is 8.00. The Morgan fingerprint density at radius 3 is 2.18 bits per heavy atom. The molecule has 0 atom stereocenters. The molecule has 0 saturated heterocycles. The van der Waals surface area contributed by atoms with Gasteiger partial charge in [0.15, 0.2) is 4.96 Å². The maximum atomic E-state index is 5.99. The second-order valence-electron chi connectivity index (χ2n) is 5.09. The van der Waals surface area contributed by atoms with Crippen LogP contribution in [0.25, 0.3) is 26.7 Å². The molecule has 4 heteroatoms. The van der Waals surface area contributed by atoms with Gasteiger partial charge >= 0.3 is 0 Å². The lowest BCUT2D eigenvalue weighted by Gasteiger charge is -2.01. The van der Waals surface area contributed by atoms with Crippen molar-refractivity contribution in [2.75, 3.05) is 0 Å². The molecule has 3 nitrogen and oxygen atoms in total. The number of nitrogens with zero attached hydrogens (tertiary/aromatic N) is 2. The molecule has 0 bridgehead atoms. The highest BCUT2D eigenvalue weighted by Gasteiger charge is 2.15. The second-order valence-corrected chi connectivity index (χ2v) is 6.10. The Morgan fingerprint density at radius 2 is 1.55 bits per heavy atom. The fourth-order valence-electron chi connectivity index (χ4n) is 2.65. The van der Waals surface area contributed by atoms with Crippen LogP contribution in [0, 0.1) is 0 Å². The molecule has 108 valence electrons. The summed E-state index contributed by atoms with van der Waals surface area (Å²) in [5, 5.41) is 0. The Kier molecular flexibility index (Phi) is 3.25. The molecule has 2 aromatic carbocycles. The third-order valence-electron chi connectivity index (χ3n) is 3.72. The van der Waals surface area contributed by atoms with Gasteiger partial charge in [0.25, 0.3) is 0 Å². The summed E-state index contributed by atoms with van der Waals surface area (Å²) in [6, 6.07) is 20.6. The fourth-order valence-corrected chi connectivity index (χ4v) is 3.66. The van der Waals surface area contributed by atoms with E-state index in [9.17, 15) is 0 Å². The van der Waals surface area contributed by atoms with E-state index in [0.717, 1.165) is 21.9 Å². The van der Waals surface area contributed by atoms with Gasteiger partial charge in [-0.15, -0.1) is 0 Å². The second kappa shape index (κ2) is 5.40. The lowest BCUT2D eigenvalue weighted by Crippen LogP contribution is -2.01. The van der Waals surface area contributed by atoms with E-state index >= 15 is 0 Å². The van der Waals surface area contributed by atoms with E-state index in [1.165, 1.54) is 10.4 Å². The van der Waals surface area contributed by atoms with Crippen LogP contribution < -0.4 is 5.73 Å². The van der Waals surface area contributed by atoms with Gasteiger partial charge in [-0.25, -0.2) is 4.98 Å². The SMILES string of the molecule is NCc1c(-c2ccccc2)nc2sc(-c3ccccc3)cn12. The zero-order chi connectivity index (χ0) is 14.9. The molecule has 2 aromatic heterocycles. The molecule has 0 amide bonds. The largest absolute Gasteiger partial charge is 0.325 e. The van der Waals surface area contributed by atoms with Crippen molar-refractivity contribution in [2.24, 2.45) is 5.73 Å². The van der Waals surface area contributed by atoms with E-state index in [-0.39, 0.29) is 0 Å². The zero-order valence-electron chi connectivity index (χ0n) is 11.9. The van der Waals surface area contributed by atoms with Crippen molar-refractivity contribution >= 4 is 16.3 Å². The molecule has 4 aromatic rings. The average molecular weight is 305 g/mol. The van der Waals surface area contributed by atoms with Gasteiger partial charge in [0.2, 0.25) is 0 Å². The molecular formula is C18H15N3S. The molecule has 0 aliphatic rings. The molecule has 0 spiro atoms. The lowest BCUT2D eigenvalue weighted by molar-refractivity contribution is 0.970. The Bertz CT molecular complexity index is 908. The number of aromatic nitrogens is 2. The summed E-state index contributed by atoms with van der Waals surface area (Å²) in [7, 11) is 0. The van der Waals surface area contributed by atoms with Gasteiger partial charge in [-0.1, -0.05) is 72.0 Å². The number of thiazole rings is 1. The van der Waals surface area contributed by atoms with Crippen molar-refractivity contribution in [1.29, 1.82) is 0 Å². The van der Waals surface area contributed by atoms with Crippen molar-refractivity contribution in [3.8, 4) is 21.7 Å². The number of hydrogen-bond donors (Lipinski definition) is 1. The Morgan fingerprint density at radius 1 is 0.909 bits per heavy atom. The molecule has 4 rings (SSSR count). The molecule has 0 saturated carbocycles. The highest BCUT2D eigenvalue weighted by atomic mass is 32.1. The van der Waals surface area contributed by atoms with Gasteiger partial charge in [0.05, 0.1) is 16.3 Å². The van der Waals surface area contributed by atoms with Gasteiger partial charge in [-0.2, -0.15) is 0 Å². The quantitative estimate of drug-likeness (QED) is 0.617. The predicted octanol–water partition coefficient (Wildman–Crippen LogP) is 4.19. The first-order valence-electron chi connectivity index (χ1n) is 7.18. The molecule has 0 unspecified atom stereocenters. The van der Waals surface area contributed by atoms with Crippen molar-refractivity contribution in [1.82, 2.24) is 9.38 Å². The van der Waals surface area contributed by atoms with Crippen LogP contribution in [0.4, 0.5) is 0 Å². The number of rotatable bonds is 3. The Labute approximate surface area is 132 Å². The van der Waals surface area contributed by atoms with Crippen LogP contribution in [0.3, 0.4) is 0 Å². The van der Waals surface area contributed by atoms with Gasteiger partial charge in [-0.05, 0) is 5.56 Å². The van der Waals surface area contributed by atoms with Crippen molar-refractivity contribution in [2.45, 2.75) is 6.54 Å². The van der Waals surface area contributed by atoms with Gasteiger partial charge < -0.3 is 5.73 Å². The summed E-state index contributed by atoms with van der Waals surface area (Å²) in [4.78, 5) is 6.99. The number of fused-ring (bicyclic) bond motifs is 1. The van der Waals surface area contributed by atoms with Crippen molar-refractivity contribution in [3.63, 3.8) is 0 Å². The molecule has 2 N–H and O–H groups in total. The molecule has 0 aliphatic carbocycles. The van der Waals surface area contributed by atoms with E-state index in [1.807, 2.05) is 24.3 Å². The Hall–Kier alpha value is -2.43. The molecule has 0 radical (unpaired) electrons. The third-order valence-corrected chi connectivity index (χ3v) is 4.76. The fraction of sp³-hybridized carbons (Fsp3) is 0.0556. The standard InChI is InChI=1S/C18H15N3S/c19-11-15-17(14-9-5-2-6-10-14)20-18-21(15)12-16(22-18)13-7-3-1-4-8-13/h1-10,12H,11,19H2. The van der Waals surface area contributed by atoms with Crippen LogP contribution in [0.2, 0.25) is 0 Å². The number of hydrogen-bond acceptors (Lipinski definition) is 3. The Balaban J connectivity index is 1.88. The van der Waals surface area contributed by atoms with Crippen molar-refractivity contribution in [3.05, 3.63) is 72.6 Å².